The predicted molar refractivity (Wildman–Crippen MR) is 180 cm³/mol. The number of carboxylic acids is 1. The van der Waals surface area contributed by atoms with Crippen molar-refractivity contribution in [3.8, 4) is 22.5 Å². The van der Waals surface area contributed by atoms with E-state index in [9.17, 15) is 24.3 Å². The third kappa shape index (κ3) is 7.65. The number of nitrogens with zero attached hydrogens (tertiary/aromatic N) is 5. The van der Waals surface area contributed by atoms with Gasteiger partial charge in [-0.2, -0.15) is 4.80 Å². The molecular formula is C36H43N7O6. The van der Waals surface area contributed by atoms with Crippen LogP contribution in [-0.2, 0) is 19.1 Å². The Morgan fingerprint density at radius 2 is 1.71 bits per heavy atom. The number of hydrogen-bond acceptors (Lipinski definition) is 8. The molecular weight excluding hydrogens is 626 g/mol. The minimum atomic E-state index is -1.43. The van der Waals surface area contributed by atoms with E-state index in [1.165, 1.54) is 9.70 Å². The number of alkyl carbamates (subject to hydrolysis) is 1. The number of aliphatic carboxylic acids is 1. The van der Waals surface area contributed by atoms with Crippen molar-refractivity contribution in [2.24, 2.45) is 5.92 Å². The van der Waals surface area contributed by atoms with Crippen molar-refractivity contribution < 1.29 is 29.0 Å². The molecule has 3 N–H and O–H groups in total. The van der Waals surface area contributed by atoms with Gasteiger partial charge in [0.2, 0.25) is 17.6 Å². The van der Waals surface area contributed by atoms with E-state index in [4.69, 9.17) is 4.74 Å². The lowest BCUT2D eigenvalue weighted by molar-refractivity contribution is -0.145. The molecule has 49 heavy (non-hydrogen) atoms. The molecule has 2 aromatic carbocycles. The van der Waals surface area contributed by atoms with E-state index in [1.54, 1.807) is 20.8 Å². The maximum atomic E-state index is 14.3. The van der Waals surface area contributed by atoms with Crippen molar-refractivity contribution in [2.45, 2.75) is 95.0 Å². The van der Waals surface area contributed by atoms with Crippen LogP contribution in [0.1, 0.15) is 71.8 Å². The molecule has 2 fully saturated rings. The highest BCUT2D eigenvalue weighted by molar-refractivity contribution is 5.96. The molecule has 1 aromatic heterocycles. The molecule has 3 heterocycles. The van der Waals surface area contributed by atoms with Gasteiger partial charge in [-0.15, -0.1) is 10.2 Å². The number of tetrazole rings is 1. The lowest BCUT2D eigenvalue weighted by atomic mass is 10.0. The molecule has 258 valence electrons. The Kier molecular flexibility index (Phi) is 9.53. The summed E-state index contributed by atoms with van der Waals surface area (Å²) in [6.45, 7) is 5.29. The fourth-order valence-electron chi connectivity index (χ4n) is 6.63. The number of carboxylic acid groups (broad SMARTS) is 1. The van der Waals surface area contributed by atoms with Crippen LogP contribution in [0.15, 0.2) is 66.7 Å². The third-order valence-corrected chi connectivity index (χ3v) is 9.33. The van der Waals surface area contributed by atoms with E-state index in [0.29, 0.717) is 18.7 Å². The van der Waals surface area contributed by atoms with Gasteiger partial charge < -0.3 is 25.4 Å². The smallest absolute Gasteiger partial charge is 0.408 e. The van der Waals surface area contributed by atoms with Crippen LogP contribution in [0, 0.1) is 5.92 Å². The number of carbonyl (C=O) groups is 4. The van der Waals surface area contributed by atoms with Crippen LogP contribution in [-0.4, -0.2) is 83.9 Å². The molecule has 1 saturated heterocycles. The van der Waals surface area contributed by atoms with E-state index in [2.05, 4.69) is 26.0 Å². The standard InChI is InChI=1S/C36H43N7O6/c1-35(2,3)49-34(48)37-28-15-11-6-4-5-10-14-26-21-36(26,33(46)47)38-31(44)29-20-27(22-42(29)32(28)45)43-40-30(39-41-43)25-18-16-24(17-19-25)23-12-8-7-9-13-23/h7-10,12-14,16-19,26-29H,4-6,11,15,20-22H2,1-3H3,(H,37,48)(H,38,44)(H,46,47)/b14-10-/t26?,27-,28?,29?,36?/m1/s1. The number of carbonyl (C=O) groups excluding carboxylic acids is 3. The van der Waals surface area contributed by atoms with Gasteiger partial charge >= 0.3 is 12.1 Å². The second kappa shape index (κ2) is 13.8. The van der Waals surface area contributed by atoms with Crippen LogP contribution in [0.5, 0.6) is 0 Å². The van der Waals surface area contributed by atoms with Gasteiger partial charge in [-0.3, -0.25) is 9.59 Å². The first-order chi connectivity index (χ1) is 23.4. The number of fused-ring (bicyclic) bond motifs is 2. The molecule has 4 unspecified atom stereocenters. The number of allylic oxidation sites excluding steroid dienone is 1. The van der Waals surface area contributed by atoms with Crippen LogP contribution in [0.4, 0.5) is 4.79 Å². The number of benzene rings is 2. The average Bonchev–Trinajstić information content (AvgIpc) is 3.38. The zero-order valence-electron chi connectivity index (χ0n) is 28.0. The summed E-state index contributed by atoms with van der Waals surface area (Å²) < 4.78 is 5.47. The van der Waals surface area contributed by atoms with E-state index < -0.39 is 53.1 Å². The molecule has 3 aliphatic rings. The number of hydrogen-bond donors (Lipinski definition) is 3. The summed E-state index contributed by atoms with van der Waals surface area (Å²) in [6.07, 6.45) is 6.92. The summed E-state index contributed by atoms with van der Waals surface area (Å²) in [5, 5.41) is 28.8. The average molecular weight is 670 g/mol. The minimum absolute atomic E-state index is 0.0650. The van der Waals surface area contributed by atoms with Gasteiger partial charge in [-0.1, -0.05) is 79.6 Å². The second-order valence-electron chi connectivity index (χ2n) is 14.1. The third-order valence-electron chi connectivity index (χ3n) is 9.33. The van der Waals surface area contributed by atoms with E-state index >= 15 is 0 Å². The van der Waals surface area contributed by atoms with Gasteiger partial charge in [0.15, 0.2) is 0 Å². The Hall–Kier alpha value is -5.07. The summed E-state index contributed by atoms with van der Waals surface area (Å²) in [6, 6.07) is 15.3. The number of ether oxygens (including phenoxy) is 1. The molecule has 6 rings (SSSR count). The summed E-state index contributed by atoms with van der Waals surface area (Å²) in [5.41, 5.74) is 0.680. The number of nitrogens with one attached hydrogen (secondary N) is 2. The maximum Gasteiger partial charge on any atom is 0.408 e. The summed E-state index contributed by atoms with van der Waals surface area (Å²) in [4.78, 5) is 56.3. The van der Waals surface area contributed by atoms with Gasteiger partial charge in [0.1, 0.15) is 23.2 Å². The van der Waals surface area contributed by atoms with Gasteiger partial charge in [0, 0.05) is 24.4 Å². The molecule has 3 amide bonds. The Morgan fingerprint density at radius 1 is 1.00 bits per heavy atom. The van der Waals surface area contributed by atoms with E-state index in [0.717, 1.165) is 36.0 Å². The van der Waals surface area contributed by atoms with Crippen molar-refractivity contribution in [1.29, 1.82) is 0 Å². The highest BCUT2D eigenvalue weighted by Crippen LogP contribution is 2.45. The van der Waals surface area contributed by atoms with Gasteiger partial charge in [-0.05, 0) is 62.8 Å². The van der Waals surface area contributed by atoms with Crippen molar-refractivity contribution >= 4 is 23.9 Å². The highest BCUT2D eigenvalue weighted by atomic mass is 16.6. The minimum Gasteiger partial charge on any atom is -0.479 e. The van der Waals surface area contributed by atoms with Gasteiger partial charge in [-0.25, -0.2) is 9.59 Å². The fourth-order valence-corrected chi connectivity index (χ4v) is 6.63. The number of rotatable bonds is 5. The molecule has 2 aliphatic heterocycles. The fraction of sp³-hybridized carbons (Fsp3) is 0.472. The van der Waals surface area contributed by atoms with Crippen molar-refractivity contribution in [3.63, 3.8) is 0 Å². The highest BCUT2D eigenvalue weighted by Gasteiger charge is 2.61. The predicted octanol–water partition coefficient (Wildman–Crippen LogP) is 4.52. The van der Waals surface area contributed by atoms with Crippen molar-refractivity contribution in [3.05, 3.63) is 66.7 Å². The Labute approximate surface area is 285 Å². The summed E-state index contributed by atoms with van der Waals surface area (Å²) in [5.74, 6) is -2.08. The molecule has 0 spiro atoms. The van der Waals surface area contributed by atoms with Crippen molar-refractivity contribution in [1.82, 2.24) is 35.7 Å². The largest absolute Gasteiger partial charge is 0.479 e. The lowest BCUT2D eigenvalue weighted by Crippen LogP contribution is -2.56. The molecule has 0 bridgehead atoms. The molecule has 13 heteroatoms. The summed E-state index contributed by atoms with van der Waals surface area (Å²) in [7, 11) is 0. The Morgan fingerprint density at radius 3 is 2.43 bits per heavy atom. The monoisotopic (exact) mass is 669 g/mol. The van der Waals surface area contributed by atoms with E-state index in [1.807, 2.05) is 66.7 Å². The SMILES string of the molecule is CC(C)(C)OC(=O)NC1CCCCC/C=C\C2CC2(C(=O)O)NC(=O)C2C[C@@H](n3nnc(-c4ccc(-c5ccccc5)cc4)n3)CN2C1=O. The van der Waals surface area contributed by atoms with Crippen LogP contribution < -0.4 is 10.6 Å². The maximum absolute atomic E-state index is 14.3. The zero-order chi connectivity index (χ0) is 34.8. The normalized spacial score (nSPS) is 26.7. The second-order valence-corrected chi connectivity index (χ2v) is 14.1. The number of aromatic nitrogens is 4. The molecule has 1 aliphatic carbocycles. The molecule has 5 atom stereocenters. The van der Waals surface area contributed by atoms with Crippen LogP contribution in [0.25, 0.3) is 22.5 Å². The molecule has 1 saturated carbocycles. The van der Waals surface area contributed by atoms with Gasteiger partial charge in [0.25, 0.3) is 0 Å². The van der Waals surface area contributed by atoms with E-state index in [-0.39, 0.29) is 25.3 Å². The molecule has 0 radical (unpaired) electrons. The molecule has 13 nitrogen and oxygen atoms in total. The molecule has 3 aromatic rings. The van der Waals surface area contributed by atoms with Crippen LogP contribution in [0.3, 0.4) is 0 Å². The van der Waals surface area contributed by atoms with Gasteiger partial charge in [0.05, 0.1) is 6.04 Å². The zero-order valence-corrected chi connectivity index (χ0v) is 28.0. The van der Waals surface area contributed by atoms with Crippen molar-refractivity contribution in [2.75, 3.05) is 6.54 Å². The van der Waals surface area contributed by atoms with Crippen LogP contribution >= 0.6 is 0 Å². The first-order valence-corrected chi connectivity index (χ1v) is 16.9. The van der Waals surface area contributed by atoms with Crippen LogP contribution in [0.2, 0.25) is 0 Å². The first kappa shape index (κ1) is 33.8. The number of amides is 3. The Balaban J connectivity index is 1.26. The summed E-state index contributed by atoms with van der Waals surface area (Å²) >= 11 is 0. The Bertz CT molecular complexity index is 1720. The lowest BCUT2D eigenvalue weighted by Gasteiger charge is -2.30. The topological polar surface area (TPSA) is 169 Å². The first-order valence-electron chi connectivity index (χ1n) is 16.9. The quantitative estimate of drug-likeness (QED) is 0.331.